The summed E-state index contributed by atoms with van der Waals surface area (Å²) in [7, 11) is 0. The fraction of sp³-hybridized carbons (Fsp3) is 0.182. The molecular weight excluding hydrogens is 277 g/mol. The number of halogens is 2. The molecule has 2 aromatic rings. The molecule has 3 nitrogen and oxygen atoms in total. The van der Waals surface area contributed by atoms with Gasteiger partial charge in [-0.2, -0.15) is 11.8 Å². The third kappa shape index (κ3) is 2.01. The molecule has 0 N–H and O–H groups in total. The molecule has 17 heavy (non-hydrogen) atoms. The van der Waals surface area contributed by atoms with Crippen LogP contribution in [0.4, 0.5) is 0 Å². The lowest BCUT2D eigenvalue weighted by molar-refractivity contribution is 1.06. The topological polar surface area (TPSA) is 38.7 Å². The number of pyridine rings is 1. The van der Waals surface area contributed by atoms with Crippen molar-refractivity contribution in [2.24, 2.45) is 0 Å². The molecule has 2 aromatic heterocycles. The van der Waals surface area contributed by atoms with E-state index in [1.54, 1.807) is 30.1 Å². The second kappa shape index (κ2) is 4.44. The van der Waals surface area contributed by atoms with Crippen molar-refractivity contribution in [1.82, 2.24) is 15.0 Å². The minimum absolute atomic E-state index is 0.502. The standard InChI is InChI=1S/C11H7Cl2N3S/c12-7-2-1-3-14-9(7)11-15-8-5-17-4-6(8)10(13)16-11/h1-3H,4-5H2. The molecule has 1 aliphatic heterocycles. The van der Waals surface area contributed by atoms with E-state index < -0.39 is 0 Å². The van der Waals surface area contributed by atoms with Crippen LogP contribution in [0.25, 0.3) is 11.5 Å². The molecule has 0 aliphatic carbocycles. The quantitative estimate of drug-likeness (QED) is 0.750. The van der Waals surface area contributed by atoms with Gasteiger partial charge in [-0.05, 0) is 12.1 Å². The SMILES string of the molecule is Clc1cccnc1-c1nc(Cl)c2c(n1)CSC2. The Bertz CT molecular complexity index is 589. The second-order valence-corrected chi connectivity index (χ2v) is 5.34. The molecule has 3 rings (SSSR count). The van der Waals surface area contributed by atoms with E-state index in [2.05, 4.69) is 15.0 Å². The first kappa shape index (κ1) is 11.3. The summed E-state index contributed by atoms with van der Waals surface area (Å²) in [5.41, 5.74) is 2.61. The van der Waals surface area contributed by atoms with E-state index in [4.69, 9.17) is 23.2 Å². The number of nitrogens with zero attached hydrogens (tertiary/aromatic N) is 3. The largest absolute Gasteiger partial charge is 0.251 e. The normalized spacial score (nSPS) is 13.8. The Kier molecular flexibility index (Phi) is 2.94. The average molecular weight is 284 g/mol. The highest BCUT2D eigenvalue weighted by atomic mass is 35.5. The number of aromatic nitrogens is 3. The predicted molar refractivity (Wildman–Crippen MR) is 70.3 cm³/mol. The smallest absolute Gasteiger partial charge is 0.181 e. The summed E-state index contributed by atoms with van der Waals surface area (Å²) in [6.07, 6.45) is 1.67. The van der Waals surface area contributed by atoms with Crippen molar-refractivity contribution in [2.75, 3.05) is 0 Å². The summed E-state index contributed by atoms with van der Waals surface area (Å²) in [6, 6.07) is 3.54. The molecule has 0 saturated heterocycles. The van der Waals surface area contributed by atoms with Gasteiger partial charge in [-0.15, -0.1) is 0 Å². The van der Waals surface area contributed by atoms with E-state index in [9.17, 15) is 0 Å². The maximum Gasteiger partial charge on any atom is 0.181 e. The average Bonchev–Trinajstić information content (AvgIpc) is 2.78. The Balaban J connectivity index is 2.17. The highest BCUT2D eigenvalue weighted by molar-refractivity contribution is 7.98. The highest BCUT2D eigenvalue weighted by Gasteiger charge is 2.20. The molecule has 1 aliphatic rings. The monoisotopic (exact) mass is 283 g/mol. The summed E-state index contributed by atoms with van der Waals surface area (Å²) in [5.74, 6) is 2.25. The van der Waals surface area contributed by atoms with Gasteiger partial charge in [0.25, 0.3) is 0 Å². The van der Waals surface area contributed by atoms with Crippen molar-refractivity contribution >= 4 is 35.0 Å². The first-order valence-corrected chi connectivity index (χ1v) is 6.90. The van der Waals surface area contributed by atoms with Gasteiger partial charge < -0.3 is 0 Å². The lowest BCUT2D eigenvalue weighted by atomic mass is 10.2. The second-order valence-electron chi connectivity index (χ2n) is 3.59. The summed E-state index contributed by atoms with van der Waals surface area (Å²) in [5, 5.41) is 1.05. The third-order valence-corrected chi connectivity index (χ3v) is 4.09. The molecule has 0 fully saturated rings. The van der Waals surface area contributed by atoms with Gasteiger partial charge in [0.15, 0.2) is 5.82 Å². The third-order valence-electron chi connectivity index (χ3n) is 2.50. The Morgan fingerprint density at radius 2 is 2.06 bits per heavy atom. The van der Waals surface area contributed by atoms with Crippen molar-refractivity contribution in [1.29, 1.82) is 0 Å². The zero-order valence-corrected chi connectivity index (χ0v) is 11.0. The molecule has 6 heteroatoms. The molecular formula is C11H7Cl2N3S. The van der Waals surface area contributed by atoms with Crippen LogP contribution in [0.2, 0.25) is 10.2 Å². The molecule has 0 saturated carbocycles. The van der Waals surface area contributed by atoms with Crippen LogP contribution in [0.15, 0.2) is 18.3 Å². The van der Waals surface area contributed by atoms with E-state index in [1.165, 1.54) is 0 Å². The van der Waals surface area contributed by atoms with Gasteiger partial charge in [-0.3, -0.25) is 4.98 Å². The molecule has 0 radical (unpaired) electrons. The van der Waals surface area contributed by atoms with Crippen molar-refractivity contribution in [2.45, 2.75) is 11.5 Å². The van der Waals surface area contributed by atoms with E-state index in [0.29, 0.717) is 21.7 Å². The molecule has 0 bridgehead atoms. The number of hydrogen-bond donors (Lipinski definition) is 0. The van der Waals surface area contributed by atoms with Gasteiger partial charge in [0.2, 0.25) is 0 Å². The first-order valence-electron chi connectivity index (χ1n) is 4.99. The maximum absolute atomic E-state index is 6.14. The van der Waals surface area contributed by atoms with Crippen LogP contribution in [0.1, 0.15) is 11.3 Å². The van der Waals surface area contributed by atoms with Crippen LogP contribution in [0.3, 0.4) is 0 Å². The number of thioether (sulfide) groups is 1. The summed E-state index contributed by atoms with van der Waals surface area (Å²) < 4.78 is 0. The van der Waals surface area contributed by atoms with Crippen LogP contribution in [-0.2, 0) is 11.5 Å². The number of fused-ring (bicyclic) bond motifs is 1. The Hall–Kier alpha value is -0.840. The van der Waals surface area contributed by atoms with Gasteiger partial charge in [0.1, 0.15) is 10.8 Å². The molecule has 86 valence electrons. The van der Waals surface area contributed by atoms with E-state index >= 15 is 0 Å². The zero-order chi connectivity index (χ0) is 11.8. The fourth-order valence-electron chi connectivity index (χ4n) is 1.67. The van der Waals surface area contributed by atoms with Crippen LogP contribution < -0.4 is 0 Å². The minimum atomic E-state index is 0.502. The van der Waals surface area contributed by atoms with Crippen LogP contribution in [-0.4, -0.2) is 15.0 Å². The first-order chi connectivity index (χ1) is 8.25. The molecule has 0 atom stereocenters. The Morgan fingerprint density at radius 3 is 2.88 bits per heavy atom. The predicted octanol–water partition coefficient (Wildman–Crippen LogP) is 3.59. The van der Waals surface area contributed by atoms with Crippen molar-refractivity contribution in [3.63, 3.8) is 0 Å². The number of rotatable bonds is 1. The lowest BCUT2D eigenvalue weighted by Crippen LogP contribution is -1.99. The zero-order valence-electron chi connectivity index (χ0n) is 8.65. The van der Waals surface area contributed by atoms with E-state index in [1.807, 2.05) is 0 Å². The number of hydrogen-bond acceptors (Lipinski definition) is 4. The highest BCUT2D eigenvalue weighted by Crippen LogP contribution is 2.34. The summed E-state index contributed by atoms with van der Waals surface area (Å²) in [4.78, 5) is 12.9. The van der Waals surface area contributed by atoms with Gasteiger partial charge >= 0.3 is 0 Å². The van der Waals surface area contributed by atoms with Crippen molar-refractivity contribution < 1.29 is 0 Å². The molecule has 0 aromatic carbocycles. The van der Waals surface area contributed by atoms with Gasteiger partial charge in [-0.1, -0.05) is 23.2 Å². The molecule has 0 amide bonds. The Labute approximate surface area is 113 Å². The fourth-order valence-corrected chi connectivity index (χ4v) is 3.25. The summed E-state index contributed by atoms with van der Waals surface area (Å²) >= 11 is 14.0. The molecule has 0 spiro atoms. The van der Waals surface area contributed by atoms with E-state index in [-0.39, 0.29) is 0 Å². The van der Waals surface area contributed by atoms with Crippen molar-refractivity contribution in [3.8, 4) is 11.5 Å². The van der Waals surface area contributed by atoms with Crippen molar-refractivity contribution in [3.05, 3.63) is 39.8 Å². The molecule has 0 unspecified atom stereocenters. The summed E-state index contributed by atoms with van der Waals surface area (Å²) in [6.45, 7) is 0. The van der Waals surface area contributed by atoms with Crippen LogP contribution >= 0.6 is 35.0 Å². The van der Waals surface area contributed by atoms with Crippen LogP contribution in [0, 0.1) is 0 Å². The van der Waals surface area contributed by atoms with Gasteiger partial charge in [0.05, 0.1) is 10.7 Å². The van der Waals surface area contributed by atoms with E-state index in [0.717, 1.165) is 22.8 Å². The van der Waals surface area contributed by atoms with Gasteiger partial charge in [0, 0.05) is 23.3 Å². The minimum Gasteiger partial charge on any atom is -0.251 e. The Morgan fingerprint density at radius 1 is 1.18 bits per heavy atom. The van der Waals surface area contributed by atoms with Crippen LogP contribution in [0.5, 0.6) is 0 Å². The van der Waals surface area contributed by atoms with Gasteiger partial charge in [-0.25, -0.2) is 9.97 Å². The lowest BCUT2D eigenvalue weighted by Gasteiger charge is -2.05. The molecule has 3 heterocycles. The maximum atomic E-state index is 6.14.